The van der Waals surface area contributed by atoms with E-state index in [-0.39, 0.29) is 5.82 Å². The minimum absolute atomic E-state index is 0.350. The van der Waals surface area contributed by atoms with E-state index in [9.17, 15) is 9.18 Å². The molecule has 2 nitrogen and oxygen atoms in total. The smallest absolute Gasteiger partial charge is 0.344 e. The first-order chi connectivity index (χ1) is 9.75. The highest BCUT2D eigenvalue weighted by Crippen LogP contribution is 2.23. The van der Waals surface area contributed by atoms with E-state index in [1.165, 1.54) is 12.1 Å². The van der Waals surface area contributed by atoms with Crippen LogP contribution >= 0.6 is 0 Å². The quantitative estimate of drug-likeness (QED) is 0.513. The molecule has 20 heavy (non-hydrogen) atoms. The highest BCUT2D eigenvalue weighted by Gasteiger charge is 2.14. The lowest BCUT2D eigenvalue weighted by Crippen LogP contribution is -2.09. The summed E-state index contributed by atoms with van der Waals surface area (Å²) in [7, 11) is 0. The fraction of sp³-hybridized carbons (Fsp3) is 0. The van der Waals surface area contributed by atoms with Gasteiger partial charge < -0.3 is 4.74 Å². The van der Waals surface area contributed by atoms with Gasteiger partial charge in [0.05, 0.1) is 5.56 Å². The number of hydrogen-bond donors (Lipinski definition) is 0. The molecule has 3 aromatic carbocycles. The molecule has 98 valence electrons. The molecule has 0 unspecified atom stereocenters. The molecule has 0 radical (unpaired) electrons. The summed E-state index contributed by atoms with van der Waals surface area (Å²) in [4.78, 5) is 12.2. The van der Waals surface area contributed by atoms with Crippen LogP contribution in [0.2, 0.25) is 0 Å². The van der Waals surface area contributed by atoms with Gasteiger partial charge in [0.1, 0.15) is 11.6 Å². The van der Waals surface area contributed by atoms with Gasteiger partial charge in [0.15, 0.2) is 0 Å². The number of esters is 1. The molecule has 0 aromatic heterocycles. The summed E-state index contributed by atoms with van der Waals surface area (Å²) in [5.74, 6) is -0.379. The Bertz CT molecular complexity index is 766. The number of fused-ring (bicyclic) bond motifs is 1. The zero-order valence-corrected chi connectivity index (χ0v) is 10.5. The molecular weight excluding hydrogens is 255 g/mol. The topological polar surface area (TPSA) is 26.3 Å². The molecule has 0 atom stereocenters. The summed E-state index contributed by atoms with van der Waals surface area (Å²) in [5.41, 5.74) is 0.353. The van der Waals surface area contributed by atoms with Crippen molar-refractivity contribution in [1.82, 2.24) is 0 Å². The third-order valence-electron chi connectivity index (χ3n) is 3.04. The van der Waals surface area contributed by atoms with E-state index in [1.54, 1.807) is 48.5 Å². The van der Waals surface area contributed by atoms with E-state index in [0.717, 1.165) is 0 Å². The van der Waals surface area contributed by atoms with Crippen molar-refractivity contribution in [2.75, 3.05) is 0 Å². The predicted octanol–water partition coefficient (Wildman–Crippen LogP) is 4.20. The van der Waals surface area contributed by atoms with E-state index in [0.29, 0.717) is 22.1 Å². The lowest BCUT2D eigenvalue weighted by atomic mass is 10.0. The first kappa shape index (κ1) is 12.4. The number of halogens is 1. The van der Waals surface area contributed by atoms with Crippen LogP contribution in [0.3, 0.4) is 0 Å². The van der Waals surface area contributed by atoms with Crippen molar-refractivity contribution in [2.24, 2.45) is 0 Å². The van der Waals surface area contributed by atoms with Crippen LogP contribution in [0.4, 0.5) is 4.39 Å². The molecule has 0 saturated carbocycles. The van der Waals surface area contributed by atoms with Crippen LogP contribution in [0.1, 0.15) is 10.4 Å². The van der Waals surface area contributed by atoms with Gasteiger partial charge in [0.25, 0.3) is 0 Å². The second-order valence-corrected chi connectivity index (χ2v) is 4.34. The summed E-state index contributed by atoms with van der Waals surface area (Å²) >= 11 is 0. The standard InChI is InChI=1S/C17H11FO2/c18-16-11-10-15(13-8-4-5-9-14(13)16)17(19)20-12-6-2-1-3-7-12/h1-11H. The normalized spacial score (nSPS) is 10.4. The van der Waals surface area contributed by atoms with Crippen molar-refractivity contribution in [3.8, 4) is 5.75 Å². The molecule has 0 fully saturated rings. The van der Waals surface area contributed by atoms with E-state index in [2.05, 4.69) is 0 Å². The van der Waals surface area contributed by atoms with Crippen molar-refractivity contribution >= 4 is 16.7 Å². The Labute approximate surface area is 115 Å². The average molecular weight is 266 g/mol. The fourth-order valence-electron chi connectivity index (χ4n) is 2.09. The lowest BCUT2D eigenvalue weighted by Gasteiger charge is -2.07. The van der Waals surface area contributed by atoms with E-state index < -0.39 is 5.97 Å². The highest BCUT2D eigenvalue weighted by atomic mass is 19.1. The zero-order chi connectivity index (χ0) is 13.9. The van der Waals surface area contributed by atoms with Crippen LogP contribution in [0.5, 0.6) is 5.75 Å². The van der Waals surface area contributed by atoms with Gasteiger partial charge in [-0.25, -0.2) is 9.18 Å². The molecule has 0 bridgehead atoms. The number of benzene rings is 3. The Kier molecular flexibility index (Phi) is 3.17. The van der Waals surface area contributed by atoms with E-state index >= 15 is 0 Å². The summed E-state index contributed by atoms with van der Waals surface area (Å²) in [6.07, 6.45) is 0. The molecule has 0 aliphatic carbocycles. The van der Waals surface area contributed by atoms with Gasteiger partial charge in [0.2, 0.25) is 0 Å². The average Bonchev–Trinajstić information content (AvgIpc) is 2.49. The van der Waals surface area contributed by atoms with Crippen molar-refractivity contribution in [2.45, 2.75) is 0 Å². The molecule has 0 heterocycles. The molecule has 0 aliphatic rings. The molecule has 0 saturated heterocycles. The third-order valence-corrected chi connectivity index (χ3v) is 3.04. The molecule has 0 aliphatic heterocycles. The minimum atomic E-state index is -0.493. The first-order valence-electron chi connectivity index (χ1n) is 6.20. The summed E-state index contributed by atoms with van der Waals surface area (Å²) in [6, 6.07) is 18.4. The van der Waals surface area contributed by atoms with Crippen LogP contribution < -0.4 is 4.74 Å². The molecule has 3 aromatic rings. The lowest BCUT2D eigenvalue weighted by molar-refractivity contribution is 0.0737. The Morgan fingerprint density at radius 1 is 0.800 bits per heavy atom. The number of ether oxygens (including phenoxy) is 1. The van der Waals surface area contributed by atoms with Crippen molar-refractivity contribution in [3.63, 3.8) is 0 Å². The van der Waals surface area contributed by atoms with Gasteiger partial charge in [-0.1, -0.05) is 42.5 Å². The number of para-hydroxylation sites is 1. The predicted molar refractivity (Wildman–Crippen MR) is 75.3 cm³/mol. The largest absolute Gasteiger partial charge is 0.423 e. The molecule has 0 spiro atoms. The second kappa shape index (κ2) is 5.13. The molecule has 0 amide bonds. The highest BCUT2D eigenvalue weighted by molar-refractivity contribution is 6.05. The SMILES string of the molecule is O=C(Oc1ccccc1)c1ccc(F)c2ccccc12. The summed E-state index contributed by atoms with van der Waals surface area (Å²) < 4.78 is 19.0. The first-order valence-corrected chi connectivity index (χ1v) is 6.20. The van der Waals surface area contributed by atoms with Crippen molar-refractivity contribution < 1.29 is 13.9 Å². The summed E-state index contributed by atoms with van der Waals surface area (Å²) in [6.45, 7) is 0. The Morgan fingerprint density at radius 3 is 2.20 bits per heavy atom. The maximum atomic E-state index is 13.7. The monoisotopic (exact) mass is 266 g/mol. The third kappa shape index (κ3) is 2.26. The second-order valence-electron chi connectivity index (χ2n) is 4.34. The number of rotatable bonds is 2. The van der Waals surface area contributed by atoms with Crippen molar-refractivity contribution in [3.05, 3.63) is 78.1 Å². The maximum Gasteiger partial charge on any atom is 0.344 e. The fourth-order valence-corrected chi connectivity index (χ4v) is 2.09. The molecular formula is C17H11FO2. The Balaban J connectivity index is 2.02. The van der Waals surface area contributed by atoms with Crippen LogP contribution in [0.25, 0.3) is 10.8 Å². The molecule has 3 rings (SSSR count). The van der Waals surface area contributed by atoms with Crippen LogP contribution in [-0.2, 0) is 0 Å². The van der Waals surface area contributed by atoms with Gasteiger partial charge in [-0.2, -0.15) is 0 Å². The number of carbonyl (C=O) groups excluding carboxylic acids is 1. The van der Waals surface area contributed by atoms with Gasteiger partial charge in [-0.05, 0) is 29.7 Å². The molecule has 0 N–H and O–H groups in total. The van der Waals surface area contributed by atoms with Crippen LogP contribution in [0.15, 0.2) is 66.7 Å². The van der Waals surface area contributed by atoms with Crippen LogP contribution in [-0.4, -0.2) is 5.97 Å². The Hall–Kier alpha value is -2.68. The maximum absolute atomic E-state index is 13.7. The number of carbonyl (C=O) groups is 1. The summed E-state index contributed by atoms with van der Waals surface area (Å²) in [5, 5.41) is 0.962. The van der Waals surface area contributed by atoms with Crippen molar-refractivity contribution in [1.29, 1.82) is 0 Å². The van der Waals surface area contributed by atoms with Gasteiger partial charge in [0, 0.05) is 5.39 Å². The van der Waals surface area contributed by atoms with Gasteiger partial charge in [-0.3, -0.25) is 0 Å². The van der Waals surface area contributed by atoms with Gasteiger partial charge in [-0.15, -0.1) is 0 Å². The Morgan fingerprint density at radius 2 is 1.45 bits per heavy atom. The number of hydrogen-bond acceptors (Lipinski definition) is 2. The van der Waals surface area contributed by atoms with Crippen LogP contribution in [0, 0.1) is 5.82 Å². The van der Waals surface area contributed by atoms with E-state index in [4.69, 9.17) is 4.74 Å². The minimum Gasteiger partial charge on any atom is -0.423 e. The van der Waals surface area contributed by atoms with E-state index in [1.807, 2.05) is 6.07 Å². The molecule has 3 heteroatoms. The zero-order valence-electron chi connectivity index (χ0n) is 10.5. The van der Waals surface area contributed by atoms with Gasteiger partial charge >= 0.3 is 5.97 Å².